The largest absolute Gasteiger partial charge is 0.441 e. The molecule has 8 heteroatoms. The van der Waals surface area contributed by atoms with E-state index in [0.717, 1.165) is 46.9 Å². The van der Waals surface area contributed by atoms with Gasteiger partial charge in [-0.25, -0.2) is 4.98 Å². The molecule has 1 fully saturated rings. The first-order valence-corrected chi connectivity index (χ1v) is 11.7. The van der Waals surface area contributed by atoms with E-state index in [1.807, 2.05) is 37.3 Å². The van der Waals surface area contributed by atoms with Crippen molar-refractivity contribution in [3.05, 3.63) is 71.6 Å². The molecule has 7 nitrogen and oxygen atoms in total. The van der Waals surface area contributed by atoms with Crippen molar-refractivity contribution in [2.45, 2.75) is 24.8 Å². The van der Waals surface area contributed by atoms with Crippen molar-refractivity contribution in [3.8, 4) is 17.1 Å². The average molecular weight is 448 g/mol. The van der Waals surface area contributed by atoms with Crippen LogP contribution >= 0.6 is 11.8 Å². The van der Waals surface area contributed by atoms with Crippen molar-refractivity contribution in [2.24, 2.45) is 0 Å². The zero-order valence-corrected chi connectivity index (χ0v) is 19.0. The van der Waals surface area contributed by atoms with Crippen molar-refractivity contribution in [2.75, 3.05) is 31.2 Å². The van der Waals surface area contributed by atoms with Gasteiger partial charge < -0.3 is 14.1 Å². The Morgan fingerprint density at radius 2 is 1.69 bits per heavy atom. The Morgan fingerprint density at radius 1 is 0.938 bits per heavy atom. The van der Waals surface area contributed by atoms with Gasteiger partial charge in [-0.15, -0.1) is 10.2 Å². The number of morpholine rings is 1. The first-order valence-electron chi connectivity index (χ1n) is 10.7. The molecule has 0 aliphatic carbocycles. The van der Waals surface area contributed by atoms with E-state index in [1.165, 1.54) is 5.56 Å². The second kappa shape index (κ2) is 9.18. The topological polar surface area (TPSA) is 69.2 Å². The van der Waals surface area contributed by atoms with Gasteiger partial charge in [-0.05, 0) is 38.1 Å². The van der Waals surface area contributed by atoms with Crippen LogP contribution in [0.25, 0.3) is 17.1 Å². The molecule has 0 spiro atoms. The quantitative estimate of drug-likeness (QED) is 0.398. The maximum Gasteiger partial charge on any atom is 0.232 e. The number of rotatable bonds is 6. The summed E-state index contributed by atoms with van der Waals surface area (Å²) in [6.45, 7) is 7.05. The van der Waals surface area contributed by atoms with E-state index < -0.39 is 0 Å². The summed E-state index contributed by atoms with van der Waals surface area (Å²) in [5, 5.41) is 9.91. The first kappa shape index (κ1) is 20.8. The molecule has 0 saturated carbocycles. The van der Waals surface area contributed by atoms with Crippen molar-refractivity contribution < 1.29 is 9.15 Å². The number of aromatic nitrogens is 4. The van der Waals surface area contributed by atoms with Gasteiger partial charge in [0.15, 0.2) is 5.16 Å². The van der Waals surface area contributed by atoms with Crippen LogP contribution in [0.4, 0.5) is 5.95 Å². The minimum atomic E-state index is 0.646. The van der Waals surface area contributed by atoms with Gasteiger partial charge in [0.05, 0.1) is 24.6 Å². The summed E-state index contributed by atoms with van der Waals surface area (Å²) in [5.41, 5.74) is 4.16. The highest BCUT2D eigenvalue weighted by atomic mass is 32.2. The van der Waals surface area contributed by atoms with Gasteiger partial charge in [0.25, 0.3) is 0 Å². The summed E-state index contributed by atoms with van der Waals surface area (Å²) in [4.78, 5) is 6.97. The maximum absolute atomic E-state index is 5.93. The number of hydrogen-bond donors (Lipinski definition) is 0. The van der Waals surface area contributed by atoms with Gasteiger partial charge in [-0.1, -0.05) is 47.7 Å². The van der Waals surface area contributed by atoms with E-state index in [2.05, 4.69) is 50.9 Å². The molecule has 2 aromatic heterocycles. The Kier molecular flexibility index (Phi) is 5.96. The van der Waals surface area contributed by atoms with Crippen LogP contribution in [-0.4, -0.2) is 46.1 Å². The lowest BCUT2D eigenvalue weighted by atomic mass is 10.2. The third-order valence-corrected chi connectivity index (χ3v) is 6.39. The zero-order valence-electron chi connectivity index (χ0n) is 18.2. The van der Waals surface area contributed by atoms with Gasteiger partial charge in [0.2, 0.25) is 11.8 Å². The predicted octanol–water partition coefficient (Wildman–Crippen LogP) is 4.67. The molecule has 32 heavy (non-hydrogen) atoms. The number of aryl methyl sites for hydroxylation is 2. The van der Waals surface area contributed by atoms with E-state index in [4.69, 9.17) is 14.1 Å². The lowest BCUT2D eigenvalue weighted by molar-refractivity contribution is 0.122. The Labute approximate surface area is 191 Å². The van der Waals surface area contributed by atoms with Crippen molar-refractivity contribution in [1.82, 2.24) is 19.7 Å². The fraction of sp³-hybridized carbons (Fsp3) is 0.292. The normalized spacial score (nSPS) is 14.1. The summed E-state index contributed by atoms with van der Waals surface area (Å²) in [6, 6.07) is 18.4. The summed E-state index contributed by atoms with van der Waals surface area (Å²) in [7, 11) is 0. The summed E-state index contributed by atoms with van der Waals surface area (Å²) in [6.07, 6.45) is 0. The second-order valence-corrected chi connectivity index (χ2v) is 8.67. The maximum atomic E-state index is 5.93. The van der Waals surface area contributed by atoms with Crippen LogP contribution in [-0.2, 0) is 10.5 Å². The Morgan fingerprint density at radius 3 is 2.44 bits per heavy atom. The van der Waals surface area contributed by atoms with Gasteiger partial charge >= 0.3 is 0 Å². The van der Waals surface area contributed by atoms with E-state index in [1.54, 1.807) is 11.8 Å². The minimum Gasteiger partial charge on any atom is -0.441 e. The first-order chi connectivity index (χ1) is 15.7. The smallest absolute Gasteiger partial charge is 0.232 e. The zero-order chi connectivity index (χ0) is 21.9. The molecule has 0 radical (unpaired) electrons. The molecule has 0 N–H and O–H groups in total. The molecular formula is C24H25N5O2S. The number of oxazole rings is 1. The van der Waals surface area contributed by atoms with Crippen LogP contribution in [0, 0.1) is 13.8 Å². The third-order valence-electron chi connectivity index (χ3n) is 5.45. The molecule has 1 aliphatic rings. The molecular weight excluding hydrogens is 422 g/mol. The number of ether oxygens (including phenoxy) is 1. The lowest BCUT2D eigenvalue weighted by Gasteiger charge is -2.27. The number of nitrogens with zero attached hydrogens (tertiary/aromatic N) is 5. The SMILES string of the molecule is Cc1ccc(-n2c(SCc3nc(-c4ccccc4)oc3C)nnc2N2CCOCC2)cc1. The van der Waals surface area contributed by atoms with Crippen molar-refractivity contribution in [3.63, 3.8) is 0 Å². The van der Waals surface area contributed by atoms with E-state index in [0.29, 0.717) is 24.9 Å². The Balaban J connectivity index is 1.43. The number of thioether (sulfide) groups is 1. The number of benzene rings is 2. The highest BCUT2D eigenvalue weighted by Gasteiger charge is 2.22. The molecule has 0 bridgehead atoms. The fourth-order valence-electron chi connectivity index (χ4n) is 3.64. The van der Waals surface area contributed by atoms with Crippen LogP contribution in [0.2, 0.25) is 0 Å². The van der Waals surface area contributed by atoms with E-state index in [9.17, 15) is 0 Å². The van der Waals surface area contributed by atoms with Crippen molar-refractivity contribution in [1.29, 1.82) is 0 Å². The monoisotopic (exact) mass is 447 g/mol. The van der Waals surface area contributed by atoms with Crippen LogP contribution < -0.4 is 4.90 Å². The minimum absolute atomic E-state index is 0.646. The molecule has 3 heterocycles. The van der Waals surface area contributed by atoms with Gasteiger partial charge in [0, 0.05) is 24.4 Å². The summed E-state index contributed by atoms with van der Waals surface area (Å²) < 4.78 is 13.6. The Bertz CT molecular complexity index is 1180. The Hall–Kier alpha value is -3.10. The fourth-order valence-corrected chi connectivity index (χ4v) is 4.59. The molecule has 0 unspecified atom stereocenters. The van der Waals surface area contributed by atoms with Crippen LogP contribution in [0.15, 0.2) is 64.2 Å². The lowest BCUT2D eigenvalue weighted by Crippen LogP contribution is -2.37. The van der Waals surface area contributed by atoms with Crippen LogP contribution in [0.5, 0.6) is 0 Å². The van der Waals surface area contributed by atoms with E-state index >= 15 is 0 Å². The second-order valence-electron chi connectivity index (χ2n) is 7.73. The standard InChI is InChI=1S/C24H25N5O2S/c1-17-8-10-20(11-9-17)29-23(28-12-14-30-15-13-28)26-27-24(29)32-16-21-18(2)31-22(25-21)19-6-4-3-5-7-19/h3-11H,12-16H2,1-2H3. The van der Waals surface area contributed by atoms with Crippen LogP contribution in [0.1, 0.15) is 17.0 Å². The predicted molar refractivity (Wildman–Crippen MR) is 125 cm³/mol. The molecule has 1 aliphatic heterocycles. The molecule has 0 atom stereocenters. The molecule has 164 valence electrons. The molecule has 4 aromatic rings. The molecule has 2 aromatic carbocycles. The summed E-state index contributed by atoms with van der Waals surface area (Å²) in [5.74, 6) is 2.97. The molecule has 5 rings (SSSR count). The van der Waals surface area contributed by atoms with E-state index in [-0.39, 0.29) is 0 Å². The van der Waals surface area contributed by atoms with Crippen LogP contribution in [0.3, 0.4) is 0 Å². The van der Waals surface area contributed by atoms with Gasteiger partial charge in [0.1, 0.15) is 5.76 Å². The average Bonchev–Trinajstić information content (AvgIpc) is 3.43. The highest BCUT2D eigenvalue weighted by molar-refractivity contribution is 7.98. The molecule has 0 amide bonds. The van der Waals surface area contributed by atoms with Gasteiger partial charge in [-0.3, -0.25) is 4.57 Å². The highest BCUT2D eigenvalue weighted by Crippen LogP contribution is 2.31. The number of anilines is 1. The summed E-state index contributed by atoms with van der Waals surface area (Å²) >= 11 is 1.62. The van der Waals surface area contributed by atoms with Crippen molar-refractivity contribution >= 4 is 17.7 Å². The number of hydrogen-bond acceptors (Lipinski definition) is 7. The van der Waals surface area contributed by atoms with Gasteiger partial charge in [-0.2, -0.15) is 0 Å². The third kappa shape index (κ3) is 4.28. The molecule has 1 saturated heterocycles.